The van der Waals surface area contributed by atoms with E-state index in [0.29, 0.717) is 0 Å². The first kappa shape index (κ1) is 12.8. The molecular weight excluding hydrogens is 252 g/mol. The number of nitrogens with one attached hydrogen (secondary N) is 1. The summed E-state index contributed by atoms with van der Waals surface area (Å²) in [6.07, 6.45) is 5.88. The van der Waals surface area contributed by atoms with Crippen LogP contribution in [0.25, 0.3) is 10.6 Å². The lowest BCUT2D eigenvalue weighted by molar-refractivity contribution is 0.681. The normalized spacial score (nSPS) is 14.8. The van der Waals surface area contributed by atoms with E-state index in [1.54, 1.807) is 0 Å². The Balaban J connectivity index is 1.78. The van der Waals surface area contributed by atoms with E-state index in [0.717, 1.165) is 19.0 Å². The van der Waals surface area contributed by atoms with Gasteiger partial charge in [-0.05, 0) is 37.3 Å². The van der Waals surface area contributed by atoms with E-state index in [1.165, 1.54) is 40.3 Å². The fraction of sp³-hybridized carbons (Fsp3) is 0.438. The number of thiazole rings is 1. The molecule has 3 rings (SSSR count). The second-order valence-corrected chi connectivity index (χ2v) is 6.29. The summed E-state index contributed by atoms with van der Waals surface area (Å²) >= 11 is 1.82. The molecule has 1 aromatic heterocycles. The molecule has 1 aromatic carbocycles. The zero-order valence-electron chi connectivity index (χ0n) is 11.4. The molecule has 2 nitrogen and oxygen atoms in total. The van der Waals surface area contributed by atoms with Crippen molar-refractivity contribution >= 4 is 11.3 Å². The fourth-order valence-corrected chi connectivity index (χ4v) is 3.27. The van der Waals surface area contributed by atoms with Crippen molar-refractivity contribution in [1.82, 2.24) is 10.3 Å². The van der Waals surface area contributed by atoms with Crippen molar-refractivity contribution < 1.29 is 0 Å². The van der Waals surface area contributed by atoms with Gasteiger partial charge in [0.1, 0.15) is 5.01 Å². The Labute approximate surface area is 118 Å². The Morgan fingerprint density at radius 2 is 2.16 bits per heavy atom. The number of rotatable bonds is 6. The second-order valence-electron chi connectivity index (χ2n) is 5.17. The standard InChI is InChI=1S/C16H20N2S/c1-2-9-17-10-13-11-18-16(19-13)15-6-4-3-5-14(15)12-7-8-12/h3-6,11-12,17H,2,7-10H2,1H3. The van der Waals surface area contributed by atoms with Crippen molar-refractivity contribution in [2.24, 2.45) is 0 Å². The summed E-state index contributed by atoms with van der Waals surface area (Å²) in [6, 6.07) is 8.76. The molecule has 1 aliphatic rings. The van der Waals surface area contributed by atoms with E-state index in [9.17, 15) is 0 Å². The minimum Gasteiger partial charge on any atom is -0.312 e. The molecule has 0 spiro atoms. The maximum atomic E-state index is 4.61. The largest absolute Gasteiger partial charge is 0.312 e. The maximum absolute atomic E-state index is 4.61. The van der Waals surface area contributed by atoms with Crippen molar-refractivity contribution in [1.29, 1.82) is 0 Å². The average molecular weight is 272 g/mol. The van der Waals surface area contributed by atoms with Gasteiger partial charge in [-0.1, -0.05) is 31.2 Å². The van der Waals surface area contributed by atoms with E-state index in [-0.39, 0.29) is 0 Å². The van der Waals surface area contributed by atoms with Gasteiger partial charge in [0.15, 0.2) is 0 Å². The highest BCUT2D eigenvalue weighted by atomic mass is 32.1. The highest BCUT2D eigenvalue weighted by Gasteiger charge is 2.26. The van der Waals surface area contributed by atoms with Crippen LogP contribution in [0.15, 0.2) is 30.5 Å². The summed E-state index contributed by atoms with van der Waals surface area (Å²) in [6.45, 7) is 4.21. The van der Waals surface area contributed by atoms with E-state index < -0.39 is 0 Å². The zero-order chi connectivity index (χ0) is 13.1. The third kappa shape index (κ3) is 3.04. The lowest BCUT2D eigenvalue weighted by Crippen LogP contribution is -2.12. The molecule has 0 unspecified atom stereocenters. The number of hydrogen-bond acceptors (Lipinski definition) is 3. The molecule has 0 radical (unpaired) electrons. The number of aromatic nitrogens is 1. The minimum absolute atomic E-state index is 0.779. The Morgan fingerprint density at radius 1 is 1.32 bits per heavy atom. The van der Waals surface area contributed by atoms with Crippen LogP contribution in [-0.4, -0.2) is 11.5 Å². The fourth-order valence-electron chi connectivity index (χ4n) is 2.34. The van der Waals surface area contributed by atoms with Crippen LogP contribution in [0.2, 0.25) is 0 Å². The SMILES string of the molecule is CCCNCc1cnc(-c2ccccc2C2CC2)s1. The molecule has 0 bridgehead atoms. The van der Waals surface area contributed by atoms with Crippen molar-refractivity contribution in [3.8, 4) is 10.6 Å². The number of nitrogens with zero attached hydrogens (tertiary/aromatic N) is 1. The topological polar surface area (TPSA) is 24.9 Å². The quantitative estimate of drug-likeness (QED) is 0.798. The summed E-state index contributed by atoms with van der Waals surface area (Å²) in [4.78, 5) is 5.94. The van der Waals surface area contributed by atoms with Gasteiger partial charge in [-0.25, -0.2) is 4.98 Å². The van der Waals surface area contributed by atoms with Gasteiger partial charge in [-0.15, -0.1) is 11.3 Å². The third-order valence-electron chi connectivity index (χ3n) is 3.49. The van der Waals surface area contributed by atoms with E-state index >= 15 is 0 Å². The first-order chi connectivity index (χ1) is 9.38. The predicted octanol–water partition coefficient (Wildman–Crippen LogP) is 4.19. The van der Waals surface area contributed by atoms with Gasteiger partial charge < -0.3 is 5.32 Å². The molecule has 19 heavy (non-hydrogen) atoms. The van der Waals surface area contributed by atoms with Crippen molar-refractivity contribution in [3.63, 3.8) is 0 Å². The van der Waals surface area contributed by atoms with E-state index in [1.807, 2.05) is 17.5 Å². The summed E-state index contributed by atoms with van der Waals surface area (Å²) < 4.78 is 0. The van der Waals surface area contributed by atoms with Crippen LogP contribution in [0, 0.1) is 0 Å². The van der Waals surface area contributed by atoms with Crippen LogP contribution in [0.1, 0.15) is 42.5 Å². The van der Waals surface area contributed by atoms with E-state index in [4.69, 9.17) is 0 Å². The Bertz CT molecular complexity index is 543. The van der Waals surface area contributed by atoms with Crippen LogP contribution in [-0.2, 0) is 6.54 Å². The molecular formula is C16H20N2S. The van der Waals surface area contributed by atoms with Crippen molar-refractivity contribution in [3.05, 3.63) is 40.9 Å². The smallest absolute Gasteiger partial charge is 0.123 e. The predicted molar refractivity (Wildman–Crippen MR) is 81.5 cm³/mol. The molecule has 0 atom stereocenters. The van der Waals surface area contributed by atoms with Crippen molar-refractivity contribution in [2.45, 2.75) is 38.6 Å². The molecule has 2 aromatic rings. The average Bonchev–Trinajstić information content (AvgIpc) is 3.19. The summed E-state index contributed by atoms with van der Waals surface area (Å²) in [5.41, 5.74) is 2.83. The molecule has 0 saturated heterocycles. The van der Waals surface area contributed by atoms with E-state index in [2.05, 4.69) is 41.5 Å². The van der Waals surface area contributed by atoms with Crippen LogP contribution in [0.3, 0.4) is 0 Å². The first-order valence-electron chi connectivity index (χ1n) is 7.13. The van der Waals surface area contributed by atoms with Crippen LogP contribution >= 0.6 is 11.3 Å². The summed E-state index contributed by atoms with van der Waals surface area (Å²) in [7, 11) is 0. The molecule has 1 heterocycles. The van der Waals surface area contributed by atoms with Gasteiger partial charge >= 0.3 is 0 Å². The van der Waals surface area contributed by atoms with Gasteiger partial charge in [0.05, 0.1) is 0 Å². The molecule has 1 fully saturated rings. The molecule has 0 amide bonds. The molecule has 1 saturated carbocycles. The number of benzene rings is 1. The summed E-state index contributed by atoms with van der Waals surface area (Å²) in [5, 5.41) is 4.61. The second kappa shape index (κ2) is 5.85. The highest BCUT2D eigenvalue weighted by Crippen LogP contribution is 2.44. The molecule has 3 heteroatoms. The lowest BCUT2D eigenvalue weighted by atomic mass is 10.0. The Morgan fingerprint density at radius 3 is 2.95 bits per heavy atom. The van der Waals surface area contributed by atoms with Crippen LogP contribution < -0.4 is 5.32 Å². The van der Waals surface area contributed by atoms with Gasteiger partial charge in [0.25, 0.3) is 0 Å². The third-order valence-corrected chi connectivity index (χ3v) is 4.52. The van der Waals surface area contributed by atoms with Crippen LogP contribution in [0.4, 0.5) is 0 Å². The maximum Gasteiger partial charge on any atom is 0.123 e. The van der Waals surface area contributed by atoms with Gasteiger partial charge in [0.2, 0.25) is 0 Å². The zero-order valence-corrected chi connectivity index (χ0v) is 12.2. The van der Waals surface area contributed by atoms with Crippen LogP contribution in [0.5, 0.6) is 0 Å². The Kier molecular flexibility index (Phi) is 3.95. The highest BCUT2D eigenvalue weighted by molar-refractivity contribution is 7.15. The van der Waals surface area contributed by atoms with Gasteiger partial charge in [-0.2, -0.15) is 0 Å². The lowest BCUT2D eigenvalue weighted by Gasteiger charge is -2.04. The monoisotopic (exact) mass is 272 g/mol. The minimum atomic E-state index is 0.779. The Hall–Kier alpha value is -1.19. The molecule has 1 aliphatic carbocycles. The van der Waals surface area contributed by atoms with Crippen molar-refractivity contribution in [2.75, 3.05) is 6.54 Å². The molecule has 100 valence electrons. The van der Waals surface area contributed by atoms with Gasteiger partial charge in [-0.3, -0.25) is 0 Å². The molecule has 1 N–H and O–H groups in total. The number of hydrogen-bond donors (Lipinski definition) is 1. The van der Waals surface area contributed by atoms with Gasteiger partial charge in [0, 0.05) is 23.2 Å². The molecule has 0 aliphatic heterocycles. The summed E-state index contributed by atoms with van der Waals surface area (Å²) in [5.74, 6) is 0.779. The first-order valence-corrected chi connectivity index (χ1v) is 7.95.